The molecule has 0 aliphatic carbocycles. The second-order valence-corrected chi connectivity index (χ2v) is 6.61. The maximum Gasteiger partial charge on any atom is 0.492 e. The predicted molar refractivity (Wildman–Crippen MR) is 90.2 cm³/mol. The molecule has 0 radical (unpaired) electrons. The average molecular weight is 320 g/mol. The second-order valence-electron chi connectivity index (χ2n) is 6.61. The molecule has 1 aromatic carbocycles. The van der Waals surface area contributed by atoms with Crippen molar-refractivity contribution in [3.8, 4) is 5.75 Å². The lowest BCUT2D eigenvalue weighted by Crippen LogP contribution is -2.41. The van der Waals surface area contributed by atoms with E-state index in [1.807, 2.05) is 58.0 Å². The van der Waals surface area contributed by atoms with Crippen LogP contribution in [-0.4, -0.2) is 48.4 Å². The Morgan fingerprint density at radius 2 is 1.65 bits per heavy atom. The molecule has 23 heavy (non-hydrogen) atoms. The Kier molecular flexibility index (Phi) is 5.52. The molecule has 1 aliphatic rings. The van der Waals surface area contributed by atoms with Crippen molar-refractivity contribution >= 4 is 13.2 Å². The highest BCUT2D eigenvalue weighted by Crippen LogP contribution is 2.38. The van der Waals surface area contributed by atoms with Gasteiger partial charge in [-0.05, 0) is 50.9 Å². The quantitative estimate of drug-likeness (QED) is 0.786. The topological polar surface area (TPSA) is 68.2 Å². The molecule has 0 spiro atoms. The van der Waals surface area contributed by atoms with Crippen LogP contribution in [0.2, 0.25) is 0 Å². The minimum atomic E-state index is -0.560. The van der Waals surface area contributed by atoms with E-state index < -0.39 is 18.3 Å². The monoisotopic (exact) mass is 320 g/mol. The summed E-state index contributed by atoms with van der Waals surface area (Å²) in [7, 11) is -0.560. The first kappa shape index (κ1) is 18.0. The van der Waals surface area contributed by atoms with Crippen molar-refractivity contribution in [1.82, 2.24) is 0 Å². The normalized spacial score (nSPS) is 19.9. The van der Waals surface area contributed by atoms with Crippen LogP contribution in [-0.2, 0) is 9.31 Å². The number of hydrogen-bond acceptors (Lipinski definition) is 5. The van der Waals surface area contributed by atoms with E-state index in [0.717, 1.165) is 5.56 Å². The van der Waals surface area contributed by atoms with Crippen LogP contribution in [0.3, 0.4) is 0 Å². The molecule has 2 N–H and O–H groups in total. The van der Waals surface area contributed by atoms with Crippen LogP contribution in [0.5, 0.6) is 5.75 Å². The molecule has 0 unspecified atom stereocenters. The molecule has 0 aromatic heterocycles. The Morgan fingerprint density at radius 1 is 1.09 bits per heavy atom. The van der Waals surface area contributed by atoms with E-state index in [1.165, 1.54) is 0 Å². The van der Waals surface area contributed by atoms with Gasteiger partial charge in [0.2, 0.25) is 0 Å². The molecule has 0 bridgehead atoms. The van der Waals surface area contributed by atoms with Gasteiger partial charge in [0.15, 0.2) is 0 Å². The minimum absolute atomic E-state index is 0.0156. The van der Waals surface area contributed by atoms with Crippen molar-refractivity contribution < 1.29 is 24.3 Å². The average Bonchev–Trinajstić information content (AvgIpc) is 2.72. The lowest BCUT2D eigenvalue weighted by molar-refractivity contribution is 0.00578. The molecular formula is C17H25BO5. The van der Waals surface area contributed by atoms with Gasteiger partial charge in [0.05, 0.1) is 24.4 Å². The Balaban J connectivity index is 2.13. The molecule has 1 fully saturated rings. The van der Waals surface area contributed by atoms with Crippen molar-refractivity contribution in [2.45, 2.75) is 38.9 Å². The van der Waals surface area contributed by atoms with Gasteiger partial charge in [0.1, 0.15) is 12.4 Å². The summed E-state index contributed by atoms with van der Waals surface area (Å²) in [6, 6.07) is 7.41. The summed E-state index contributed by atoms with van der Waals surface area (Å²) in [5.74, 6) is 0.692. The summed E-state index contributed by atoms with van der Waals surface area (Å²) in [5.41, 5.74) is 0.717. The molecule has 1 heterocycles. The van der Waals surface area contributed by atoms with Gasteiger partial charge in [-0.1, -0.05) is 18.2 Å². The molecule has 5 nitrogen and oxygen atoms in total. The van der Waals surface area contributed by atoms with E-state index in [-0.39, 0.29) is 19.8 Å². The highest BCUT2D eigenvalue weighted by atomic mass is 16.7. The van der Waals surface area contributed by atoms with Crippen LogP contribution in [0.4, 0.5) is 0 Å². The minimum Gasteiger partial charge on any atom is -0.491 e. The number of aliphatic hydroxyl groups is 2. The molecule has 126 valence electrons. The Morgan fingerprint density at radius 3 is 2.13 bits per heavy atom. The highest BCUT2D eigenvalue weighted by Gasteiger charge is 2.52. The van der Waals surface area contributed by atoms with Gasteiger partial charge < -0.3 is 24.3 Å². The zero-order valence-corrected chi connectivity index (χ0v) is 14.2. The molecule has 0 saturated carbocycles. The Bertz CT molecular complexity index is 535. The van der Waals surface area contributed by atoms with Gasteiger partial charge >= 0.3 is 7.12 Å². The fraction of sp³-hybridized carbons (Fsp3) is 0.529. The van der Waals surface area contributed by atoms with Crippen molar-refractivity contribution in [2.75, 3.05) is 19.8 Å². The van der Waals surface area contributed by atoms with Crippen LogP contribution in [0.1, 0.15) is 33.3 Å². The van der Waals surface area contributed by atoms with Crippen LogP contribution in [0, 0.1) is 0 Å². The number of aliphatic hydroxyl groups excluding tert-OH is 2. The van der Waals surface area contributed by atoms with E-state index in [0.29, 0.717) is 11.2 Å². The van der Waals surface area contributed by atoms with Gasteiger partial charge in [-0.25, -0.2) is 0 Å². The highest BCUT2D eigenvalue weighted by molar-refractivity contribution is 6.55. The third-order valence-corrected chi connectivity index (χ3v) is 4.33. The zero-order chi connectivity index (χ0) is 17.1. The van der Waals surface area contributed by atoms with Crippen molar-refractivity contribution in [2.24, 2.45) is 0 Å². The summed E-state index contributed by atoms with van der Waals surface area (Å²) >= 11 is 0. The lowest BCUT2D eigenvalue weighted by atomic mass is 9.77. The van der Waals surface area contributed by atoms with E-state index >= 15 is 0 Å². The van der Waals surface area contributed by atoms with Crippen molar-refractivity contribution in [1.29, 1.82) is 0 Å². The third kappa shape index (κ3) is 4.15. The summed E-state index contributed by atoms with van der Waals surface area (Å²) < 4.78 is 17.3. The first-order valence-electron chi connectivity index (χ1n) is 7.80. The fourth-order valence-corrected chi connectivity index (χ4v) is 2.22. The molecule has 0 amide bonds. The summed E-state index contributed by atoms with van der Waals surface area (Å²) in [6.07, 6.45) is 1.86. The van der Waals surface area contributed by atoms with Crippen LogP contribution in [0.15, 0.2) is 29.7 Å². The van der Waals surface area contributed by atoms with Crippen molar-refractivity contribution in [3.05, 3.63) is 35.3 Å². The van der Waals surface area contributed by atoms with Gasteiger partial charge in [0.25, 0.3) is 0 Å². The molecule has 1 aromatic rings. The van der Waals surface area contributed by atoms with E-state index in [9.17, 15) is 5.11 Å². The standard InChI is InChI=1S/C17H25BO5/c1-16(2)17(3,4)23-18(22-16)14(12-20)11-13-5-7-15(8-6-13)21-10-9-19/h5-8,11,19-20H,9-10,12H2,1-4H3. The summed E-state index contributed by atoms with van der Waals surface area (Å²) in [4.78, 5) is 0. The predicted octanol–water partition coefficient (Wildman–Crippen LogP) is 2.06. The summed E-state index contributed by atoms with van der Waals surface area (Å²) in [5, 5.41) is 18.4. The van der Waals surface area contributed by atoms with Crippen LogP contribution < -0.4 is 4.74 Å². The molecule has 1 saturated heterocycles. The lowest BCUT2D eigenvalue weighted by Gasteiger charge is -2.32. The van der Waals surface area contributed by atoms with Gasteiger partial charge in [-0.15, -0.1) is 0 Å². The molecular weight excluding hydrogens is 295 g/mol. The van der Waals surface area contributed by atoms with Gasteiger partial charge in [-0.3, -0.25) is 0 Å². The second kappa shape index (κ2) is 7.05. The molecule has 0 atom stereocenters. The maximum absolute atomic E-state index is 9.68. The number of hydrogen-bond donors (Lipinski definition) is 2. The number of rotatable bonds is 6. The first-order valence-corrected chi connectivity index (χ1v) is 7.80. The van der Waals surface area contributed by atoms with Crippen molar-refractivity contribution in [3.63, 3.8) is 0 Å². The van der Waals surface area contributed by atoms with Crippen LogP contribution in [0.25, 0.3) is 6.08 Å². The maximum atomic E-state index is 9.68. The van der Waals surface area contributed by atoms with E-state index in [1.54, 1.807) is 0 Å². The van der Waals surface area contributed by atoms with E-state index in [4.69, 9.17) is 19.2 Å². The number of benzene rings is 1. The molecule has 2 rings (SSSR count). The molecule has 1 aliphatic heterocycles. The Labute approximate surface area is 138 Å². The Hall–Kier alpha value is -1.34. The fourth-order valence-electron chi connectivity index (χ4n) is 2.22. The zero-order valence-electron chi connectivity index (χ0n) is 14.2. The van der Waals surface area contributed by atoms with E-state index in [2.05, 4.69) is 0 Å². The van der Waals surface area contributed by atoms with Gasteiger partial charge in [-0.2, -0.15) is 0 Å². The smallest absolute Gasteiger partial charge is 0.491 e. The first-order chi connectivity index (χ1) is 10.8. The van der Waals surface area contributed by atoms with Crippen LogP contribution >= 0.6 is 0 Å². The molecule has 6 heteroatoms. The third-order valence-electron chi connectivity index (χ3n) is 4.33. The SMILES string of the molecule is CC1(C)OB(C(=Cc2ccc(OCCO)cc2)CO)OC1(C)C. The number of ether oxygens (including phenoxy) is 1. The van der Waals surface area contributed by atoms with Gasteiger partial charge in [0, 0.05) is 0 Å². The largest absolute Gasteiger partial charge is 0.492 e. The summed E-state index contributed by atoms with van der Waals surface area (Å²) in [6.45, 7) is 8.04.